The maximum atomic E-state index is 11.4. The minimum atomic E-state index is -0.747. The number of aliphatic carboxylic acids is 1. The van der Waals surface area contributed by atoms with Crippen LogP contribution in [0.4, 0.5) is 0 Å². The Kier molecular flexibility index (Phi) is 8.06. The van der Waals surface area contributed by atoms with Gasteiger partial charge in [0, 0.05) is 5.56 Å². The van der Waals surface area contributed by atoms with Crippen molar-refractivity contribution >= 4 is 5.97 Å². The minimum absolute atomic E-state index is 0.0391. The number of carbonyl (C=O) groups is 1. The molecule has 0 amide bonds. The highest BCUT2D eigenvalue weighted by Crippen LogP contribution is 2.44. The van der Waals surface area contributed by atoms with Crippen LogP contribution in [0.1, 0.15) is 62.6 Å². The van der Waals surface area contributed by atoms with Gasteiger partial charge in [-0.15, -0.1) is 0 Å². The molecule has 1 atom stereocenters. The van der Waals surface area contributed by atoms with E-state index in [0.29, 0.717) is 18.3 Å². The maximum absolute atomic E-state index is 11.4. The van der Waals surface area contributed by atoms with Crippen molar-refractivity contribution in [2.24, 2.45) is 11.3 Å². The summed E-state index contributed by atoms with van der Waals surface area (Å²) in [6, 6.07) is 15.9. The highest BCUT2D eigenvalue weighted by molar-refractivity contribution is 5.72. The molecular weight excluding hydrogens is 466 g/mol. The predicted molar refractivity (Wildman–Crippen MR) is 144 cm³/mol. The van der Waals surface area contributed by atoms with E-state index in [1.807, 2.05) is 36.4 Å². The fraction of sp³-hybridized carbons (Fsp3) is 0.419. The average molecular weight is 504 g/mol. The van der Waals surface area contributed by atoms with Crippen LogP contribution < -0.4 is 14.2 Å². The van der Waals surface area contributed by atoms with Gasteiger partial charge in [0.15, 0.2) is 0 Å². The second-order valence-electron chi connectivity index (χ2n) is 11.1. The van der Waals surface area contributed by atoms with E-state index in [-0.39, 0.29) is 17.8 Å². The van der Waals surface area contributed by atoms with Crippen molar-refractivity contribution in [1.29, 1.82) is 0 Å². The first-order chi connectivity index (χ1) is 17.7. The summed E-state index contributed by atoms with van der Waals surface area (Å²) in [4.78, 5) is 16.2. The van der Waals surface area contributed by atoms with Crippen molar-refractivity contribution in [3.05, 3.63) is 71.4 Å². The number of methoxy groups -OCH3 is 2. The van der Waals surface area contributed by atoms with Crippen LogP contribution in [-0.4, -0.2) is 30.3 Å². The molecule has 0 bridgehead atoms. The molecule has 6 heteroatoms. The molecular formula is C31H37NO5. The normalized spacial score (nSPS) is 14.2. The minimum Gasteiger partial charge on any atom is -0.497 e. The van der Waals surface area contributed by atoms with Crippen LogP contribution >= 0.6 is 0 Å². The van der Waals surface area contributed by atoms with E-state index in [2.05, 4.69) is 32.9 Å². The monoisotopic (exact) mass is 503 g/mol. The van der Waals surface area contributed by atoms with Crippen LogP contribution in [-0.2, 0) is 17.8 Å². The van der Waals surface area contributed by atoms with Crippen LogP contribution in [0.15, 0.2) is 54.7 Å². The molecule has 2 aromatic carbocycles. The van der Waals surface area contributed by atoms with Crippen molar-refractivity contribution in [3.8, 4) is 28.5 Å². The highest BCUT2D eigenvalue weighted by Gasteiger charge is 2.33. The number of carboxylic acid groups (broad SMARTS) is 1. The predicted octanol–water partition coefficient (Wildman–Crippen LogP) is 6.90. The summed E-state index contributed by atoms with van der Waals surface area (Å²) >= 11 is 0. The molecule has 4 rings (SSSR count). The first kappa shape index (κ1) is 26.5. The Hall–Kier alpha value is -3.54. The molecule has 0 saturated heterocycles. The molecule has 1 fully saturated rings. The van der Waals surface area contributed by atoms with Gasteiger partial charge in [-0.05, 0) is 77.5 Å². The summed E-state index contributed by atoms with van der Waals surface area (Å²) in [6.07, 6.45) is 4.93. The van der Waals surface area contributed by atoms with Gasteiger partial charge < -0.3 is 19.3 Å². The summed E-state index contributed by atoms with van der Waals surface area (Å²) in [6.45, 7) is 6.99. The summed E-state index contributed by atoms with van der Waals surface area (Å²) in [5.41, 5.74) is 4.94. The molecule has 37 heavy (non-hydrogen) atoms. The van der Waals surface area contributed by atoms with Crippen molar-refractivity contribution < 1.29 is 24.1 Å². The van der Waals surface area contributed by atoms with Gasteiger partial charge in [0.1, 0.15) is 23.9 Å². The van der Waals surface area contributed by atoms with Crippen molar-refractivity contribution in [3.63, 3.8) is 0 Å². The van der Waals surface area contributed by atoms with Crippen molar-refractivity contribution in [2.45, 2.75) is 59.0 Å². The molecule has 0 spiro atoms. The van der Waals surface area contributed by atoms with E-state index in [4.69, 9.17) is 19.2 Å². The number of ether oxygens (including phenoxy) is 3. The Balaban J connectivity index is 1.59. The number of benzene rings is 2. The molecule has 1 heterocycles. The Morgan fingerprint density at radius 1 is 1.05 bits per heavy atom. The molecule has 0 radical (unpaired) electrons. The molecule has 6 nitrogen and oxygen atoms in total. The van der Waals surface area contributed by atoms with Crippen molar-refractivity contribution in [1.82, 2.24) is 4.98 Å². The van der Waals surface area contributed by atoms with Gasteiger partial charge in [0.2, 0.25) is 0 Å². The summed E-state index contributed by atoms with van der Waals surface area (Å²) < 4.78 is 17.3. The Morgan fingerprint density at radius 3 is 2.49 bits per heavy atom. The lowest BCUT2D eigenvalue weighted by molar-refractivity contribution is -0.137. The molecule has 1 unspecified atom stereocenters. The third kappa shape index (κ3) is 7.03. The van der Waals surface area contributed by atoms with Gasteiger partial charge in [-0.1, -0.05) is 45.0 Å². The Bertz CT molecular complexity index is 1240. The lowest BCUT2D eigenvalue weighted by Crippen LogP contribution is -2.11. The fourth-order valence-corrected chi connectivity index (χ4v) is 4.84. The van der Waals surface area contributed by atoms with E-state index < -0.39 is 5.97 Å². The average Bonchev–Trinajstić information content (AvgIpc) is 3.70. The molecule has 1 aliphatic rings. The zero-order valence-corrected chi connectivity index (χ0v) is 22.4. The molecule has 1 saturated carbocycles. The van der Waals surface area contributed by atoms with Gasteiger partial charge in [-0.25, -0.2) is 0 Å². The largest absolute Gasteiger partial charge is 0.497 e. The molecule has 0 aliphatic heterocycles. The fourth-order valence-electron chi connectivity index (χ4n) is 4.84. The number of carboxylic acids is 1. The Labute approximate surface area is 219 Å². The second-order valence-corrected chi connectivity index (χ2v) is 11.1. The Morgan fingerprint density at radius 2 is 1.84 bits per heavy atom. The summed E-state index contributed by atoms with van der Waals surface area (Å²) in [5.74, 6) is 1.96. The van der Waals surface area contributed by atoms with Gasteiger partial charge in [-0.3, -0.25) is 9.78 Å². The summed E-state index contributed by atoms with van der Waals surface area (Å²) in [7, 11) is 3.31. The first-order valence-electron chi connectivity index (χ1n) is 12.8. The number of aromatic nitrogens is 1. The van der Waals surface area contributed by atoms with E-state index in [9.17, 15) is 9.90 Å². The molecule has 1 N–H and O–H groups in total. The SMILES string of the molecule is COc1ccc(OC)c(-c2ncc(OCc3cccc(C(CC(=O)O)C4CC4)c3)cc2CC(C)(C)C)c1. The number of hydrogen-bond donors (Lipinski definition) is 1. The molecule has 3 aromatic rings. The zero-order chi connectivity index (χ0) is 26.6. The standard InChI is InChI=1S/C31H37NO5/c1-31(2,3)17-23-14-25(18-32-30(23)27-15-24(35-4)11-12-28(27)36-5)37-19-20-7-6-8-22(13-20)26(16-29(33)34)21-9-10-21/h6-8,11-15,18,21,26H,9-10,16-17,19H2,1-5H3,(H,33,34). The summed E-state index contributed by atoms with van der Waals surface area (Å²) in [5, 5.41) is 9.37. The van der Waals surface area contributed by atoms with Gasteiger partial charge in [0.25, 0.3) is 0 Å². The first-order valence-corrected chi connectivity index (χ1v) is 12.8. The number of rotatable bonds is 11. The van der Waals surface area contributed by atoms with E-state index in [1.54, 1.807) is 20.4 Å². The van der Waals surface area contributed by atoms with Gasteiger partial charge >= 0.3 is 5.97 Å². The third-order valence-electron chi connectivity index (χ3n) is 6.69. The number of nitrogens with zero attached hydrogens (tertiary/aromatic N) is 1. The van der Waals surface area contributed by atoms with Crippen LogP contribution in [0.3, 0.4) is 0 Å². The molecule has 196 valence electrons. The topological polar surface area (TPSA) is 77.9 Å². The van der Waals surface area contributed by atoms with Crippen LogP contribution in [0.5, 0.6) is 17.2 Å². The third-order valence-corrected chi connectivity index (χ3v) is 6.69. The van der Waals surface area contributed by atoms with Crippen molar-refractivity contribution in [2.75, 3.05) is 14.2 Å². The van der Waals surface area contributed by atoms with Gasteiger partial charge in [0.05, 0.1) is 32.5 Å². The van der Waals surface area contributed by atoms with E-state index in [1.165, 1.54) is 0 Å². The zero-order valence-electron chi connectivity index (χ0n) is 22.4. The number of hydrogen-bond acceptors (Lipinski definition) is 5. The smallest absolute Gasteiger partial charge is 0.303 e. The second kappa shape index (κ2) is 11.2. The lowest BCUT2D eigenvalue weighted by Gasteiger charge is -2.22. The quantitative estimate of drug-likeness (QED) is 0.307. The number of pyridine rings is 1. The van der Waals surface area contributed by atoms with E-state index in [0.717, 1.165) is 58.7 Å². The van der Waals surface area contributed by atoms with Gasteiger partial charge in [-0.2, -0.15) is 0 Å². The van der Waals surface area contributed by atoms with E-state index >= 15 is 0 Å². The van der Waals surface area contributed by atoms with Crippen LogP contribution in [0.25, 0.3) is 11.3 Å². The molecule has 1 aliphatic carbocycles. The van der Waals surface area contributed by atoms with Crippen LogP contribution in [0, 0.1) is 11.3 Å². The highest BCUT2D eigenvalue weighted by atomic mass is 16.5. The maximum Gasteiger partial charge on any atom is 0.303 e. The molecule has 1 aromatic heterocycles. The lowest BCUT2D eigenvalue weighted by atomic mass is 9.86. The van der Waals surface area contributed by atoms with Crippen LogP contribution in [0.2, 0.25) is 0 Å².